The monoisotopic (exact) mass is 344 g/mol. The Bertz CT molecular complexity index is 881. The Morgan fingerprint density at radius 3 is 2.62 bits per heavy atom. The quantitative estimate of drug-likeness (QED) is 0.375. The average Bonchev–Trinajstić information content (AvgIpc) is 2.99. The van der Waals surface area contributed by atoms with E-state index < -0.39 is 5.91 Å². The molecule has 0 spiro atoms. The van der Waals surface area contributed by atoms with E-state index in [0.717, 1.165) is 6.07 Å². The van der Waals surface area contributed by atoms with Crippen LogP contribution in [-0.4, -0.2) is 31.5 Å². The van der Waals surface area contributed by atoms with Crippen LogP contribution in [0.3, 0.4) is 0 Å². The fourth-order valence-electron chi connectivity index (χ4n) is 1.86. The van der Waals surface area contributed by atoms with E-state index in [1.165, 1.54) is 12.1 Å². The van der Waals surface area contributed by atoms with E-state index in [4.69, 9.17) is 5.73 Å². The second-order valence-electron chi connectivity index (χ2n) is 4.58. The highest BCUT2D eigenvalue weighted by atomic mass is 32.1. The minimum Gasteiger partial charge on any atom is -0.508 e. The van der Waals surface area contributed by atoms with Gasteiger partial charge >= 0.3 is 0 Å². The van der Waals surface area contributed by atoms with Crippen LogP contribution in [0, 0.1) is 0 Å². The van der Waals surface area contributed by atoms with Gasteiger partial charge < -0.3 is 15.9 Å². The Kier molecular flexibility index (Phi) is 4.20. The summed E-state index contributed by atoms with van der Waals surface area (Å²) in [7, 11) is 0. The Balaban J connectivity index is 1.99. The molecule has 1 aromatic carbocycles. The highest BCUT2D eigenvalue weighted by Gasteiger charge is 2.24. The Labute approximate surface area is 139 Å². The van der Waals surface area contributed by atoms with Crippen molar-refractivity contribution in [2.45, 2.75) is 0 Å². The molecule has 10 heteroatoms. The first-order valence-electron chi connectivity index (χ1n) is 6.65. The van der Waals surface area contributed by atoms with Crippen molar-refractivity contribution in [1.29, 1.82) is 0 Å². The third kappa shape index (κ3) is 3.08. The SMILES string of the molecule is NC(=O)C1=C(/N=N/c2ccc(O)cc2O)N(c2ncccn2)[SH]=C1. The van der Waals surface area contributed by atoms with Gasteiger partial charge in [-0.2, -0.15) is 0 Å². The second kappa shape index (κ2) is 6.46. The molecule has 0 radical (unpaired) electrons. The number of azo groups is 1. The van der Waals surface area contributed by atoms with Gasteiger partial charge in [0.25, 0.3) is 5.91 Å². The standard InChI is InChI=1S/C14H12N6O3S/c15-12(23)9-7-24-20(14-16-4-1-5-17-14)13(9)19-18-10-3-2-8(21)6-11(10)22/h1-7,21-22,24H,(H2,15,23)/b19-18+. The third-order valence-corrected chi connectivity index (χ3v) is 3.94. The summed E-state index contributed by atoms with van der Waals surface area (Å²) >= 11 is 0.590. The summed E-state index contributed by atoms with van der Waals surface area (Å²) in [6.45, 7) is 0. The molecule has 0 saturated carbocycles. The van der Waals surface area contributed by atoms with Gasteiger partial charge in [0.05, 0.1) is 5.57 Å². The molecule has 1 aliphatic rings. The molecule has 2 heterocycles. The lowest BCUT2D eigenvalue weighted by molar-refractivity contribution is -0.114. The number of nitrogens with zero attached hydrogens (tertiary/aromatic N) is 5. The number of primary amides is 1. The third-order valence-electron chi connectivity index (χ3n) is 2.96. The van der Waals surface area contributed by atoms with Gasteiger partial charge in [0.1, 0.15) is 17.2 Å². The van der Waals surface area contributed by atoms with Crippen molar-refractivity contribution < 1.29 is 15.0 Å². The summed E-state index contributed by atoms with van der Waals surface area (Å²) in [6.07, 6.45) is 3.11. The molecule has 1 aliphatic heterocycles. The van der Waals surface area contributed by atoms with Gasteiger partial charge in [0, 0.05) is 18.5 Å². The zero-order valence-electron chi connectivity index (χ0n) is 12.1. The summed E-state index contributed by atoms with van der Waals surface area (Å²) in [5.74, 6) is -0.513. The fourth-order valence-corrected chi connectivity index (χ4v) is 2.79. The van der Waals surface area contributed by atoms with Crippen LogP contribution in [0.5, 0.6) is 11.5 Å². The van der Waals surface area contributed by atoms with Crippen LogP contribution < -0.4 is 10.0 Å². The van der Waals surface area contributed by atoms with Crippen molar-refractivity contribution in [2.75, 3.05) is 4.31 Å². The van der Waals surface area contributed by atoms with E-state index in [9.17, 15) is 15.0 Å². The van der Waals surface area contributed by atoms with Crippen molar-refractivity contribution in [3.63, 3.8) is 0 Å². The van der Waals surface area contributed by atoms with Crippen molar-refractivity contribution in [3.8, 4) is 11.5 Å². The number of rotatable bonds is 4. The minimum atomic E-state index is -0.662. The molecule has 0 unspecified atom stereocenters. The number of phenolic OH excluding ortho intramolecular Hbond substituents is 2. The van der Waals surface area contributed by atoms with Gasteiger partial charge in [-0.15, -0.1) is 10.2 Å². The minimum absolute atomic E-state index is 0.101. The number of thiol groups is 1. The number of anilines is 1. The topological polar surface area (TPSA) is 137 Å². The summed E-state index contributed by atoms with van der Waals surface area (Å²) < 4.78 is 1.54. The largest absolute Gasteiger partial charge is 0.508 e. The van der Waals surface area contributed by atoms with Crippen LogP contribution in [0.4, 0.5) is 11.6 Å². The molecule has 0 aliphatic carbocycles. The van der Waals surface area contributed by atoms with E-state index in [1.54, 1.807) is 28.1 Å². The zero-order valence-corrected chi connectivity index (χ0v) is 13.0. The predicted molar refractivity (Wildman–Crippen MR) is 90.1 cm³/mol. The fraction of sp³-hybridized carbons (Fsp3) is 0. The van der Waals surface area contributed by atoms with Crippen LogP contribution in [0.2, 0.25) is 0 Å². The lowest BCUT2D eigenvalue weighted by Crippen LogP contribution is -2.18. The van der Waals surface area contributed by atoms with Crippen LogP contribution >= 0.6 is 11.5 Å². The summed E-state index contributed by atoms with van der Waals surface area (Å²) in [5.41, 5.74) is 5.66. The van der Waals surface area contributed by atoms with E-state index in [0.29, 0.717) is 17.5 Å². The van der Waals surface area contributed by atoms with Gasteiger partial charge in [-0.1, -0.05) is 11.5 Å². The number of phenols is 2. The van der Waals surface area contributed by atoms with Crippen molar-refractivity contribution in [1.82, 2.24) is 9.97 Å². The zero-order chi connectivity index (χ0) is 17.1. The lowest BCUT2D eigenvalue weighted by atomic mass is 10.3. The Hall–Kier alpha value is -3.27. The number of aromatic hydroxyl groups is 2. The summed E-state index contributed by atoms with van der Waals surface area (Å²) in [5, 5.41) is 28.5. The van der Waals surface area contributed by atoms with Crippen molar-refractivity contribution >= 4 is 34.4 Å². The van der Waals surface area contributed by atoms with Crippen LogP contribution in [0.15, 0.2) is 58.3 Å². The van der Waals surface area contributed by atoms with E-state index in [1.807, 2.05) is 0 Å². The highest BCUT2D eigenvalue weighted by Crippen LogP contribution is 2.33. The van der Waals surface area contributed by atoms with Gasteiger partial charge in [0.15, 0.2) is 5.82 Å². The van der Waals surface area contributed by atoms with Crippen molar-refractivity contribution in [3.05, 3.63) is 48.1 Å². The number of amides is 1. The molecule has 3 rings (SSSR count). The number of carbonyl (C=O) groups excluding carboxylic acids is 1. The van der Waals surface area contributed by atoms with Crippen LogP contribution in [0.25, 0.3) is 0 Å². The number of benzene rings is 1. The molecule has 122 valence electrons. The maximum Gasteiger partial charge on any atom is 0.253 e. The maximum absolute atomic E-state index is 11.6. The Morgan fingerprint density at radius 2 is 1.96 bits per heavy atom. The average molecular weight is 344 g/mol. The Morgan fingerprint density at radius 1 is 1.21 bits per heavy atom. The summed E-state index contributed by atoms with van der Waals surface area (Å²) in [4.78, 5) is 19.8. The van der Waals surface area contributed by atoms with Crippen molar-refractivity contribution in [2.24, 2.45) is 16.0 Å². The smallest absolute Gasteiger partial charge is 0.253 e. The van der Waals surface area contributed by atoms with Gasteiger partial charge in [0.2, 0.25) is 5.95 Å². The molecule has 2 aromatic rings. The molecule has 0 atom stereocenters. The first kappa shape index (κ1) is 15.6. The number of nitrogens with two attached hydrogens (primary N) is 1. The van der Waals surface area contributed by atoms with E-state index >= 15 is 0 Å². The molecule has 4 N–H and O–H groups in total. The van der Waals surface area contributed by atoms with E-state index in [-0.39, 0.29) is 28.6 Å². The molecular formula is C14H12N6O3S. The molecule has 0 bridgehead atoms. The van der Waals surface area contributed by atoms with Gasteiger partial charge in [-0.25, -0.2) is 14.3 Å². The molecule has 1 amide bonds. The van der Waals surface area contributed by atoms with Crippen LogP contribution in [-0.2, 0) is 4.79 Å². The lowest BCUT2D eigenvalue weighted by Gasteiger charge is -2.14. The molecule has 0 saturated heterocycles. The summed E-state index contributed by atoms with van der Waals surface area (Å²) in [6, 6.07) is 5.54. The van der Waals surface area contributed by atoms with E-state index in [2.05, 4.69) is 20.2 Å². The molecular weight excluding hydrogens is 332 g/mol. The van der Waals surface area contributed by atoms with Gasteiger partial charge in [-0.3, -0.25) is 4.79 Å². The van der Waals surface area contributed by atoms with Gasteiger partial charge in [-0.05, 0) is 23.6 Å². The first-order valence-corrected chi connectivity index (χ1v) is 7.57. The normalized spacial score (nSPS) is 14.2. The molecule has 24 heavy (non-hydrogen) atoms. The number of hydrogen-bond donors (Lipinski definition) is 4. The molecule has 9 nitrogen and oxygen atoms in total. The maximum atomic E-state index is 11.6. The number of aromatic nitrogens is 2. The highest BCUT2D eigenvalue weighted by molar-refractivity contribution is 7.99. The molecule has 1 aromatic heterocycles. The number of carbonyl (C=O) groups is 1. The molecule has 0 fully saturated rings. The predicted octanol–water partition coefficient (Wildman–Crippen LogP) is 1.37. The van der Waals surface area contributed by atoms with Crippen LogP contribution in [0.1, 0.15) is 0 Å². The first-order chi connectivity index (χ1) is 11.6. The second-order valence-corrected chi connectivity index (χ2v) is 5.47. The number of hydrogen-bond acceptors (Lipinski definition) is 8.